The smallest absolute Gasteiger partial charge is 0.269 e. The lowest BCUT2D eigenvalue weighted by atomic mass is 9.99. The lowest BCUT2D eigenvalue weighted by molar-refractivity contribution is -0.384. The number of nitro benzene ring substituents is 1. The van der Waals surface area contributed by atoms with E-state index in [-0.39, 0.29) is 31.2 Å². The first-order valence-corrected chi connectivity index (χ1v) is 9.25. The Morgan fingerprint density at radius 3 is 2.48 bits per heavy atom. The van der Waals surface area contributed by atoms with Gasteiger partial charge in [-0.1, -0.05) is 12.1 Å². The molecule has 1 aliphatic rings. The highest BCUT2D eigenvalue weighted by Gasteiger charge is 2.43. The zero-order valence-electron chi connectivity index (χ0n) is 15.7. The summed E-state index contributed by atoms with van der Waals surface area (Å²) in [6.45, 7) is -0.404. The van der Waals surface area contributed by atoms with Crippen LogP contribution in [0, 0.1) is 10.1 Å². The Kier molecular flexibility index (Phi) is 8.89. The quantitative estimate of drug-likeness (QED) is 0.180. The fraction of sp³-hybridized carbons (Fsp3) is 0.611. The molecule has 0 saturated carbocycles. The van der Waals surface area contributed by atoms with Crippen LogP contribution in [0.5, 0.6) is 0 Å². The molecule has 1 fully saturated rings. The number of amides is 1. The second-order valence-corrected chi connectivity index (χ2v) is 6.70. The van der Waals surface area contributed by atoms with Crippen molar-refractivity contribution in [2.24, 2.45) is 0 Å². The van der Waals surface area contributed by atoms with Gasteiger partial charge >= 0.3 is 0 Å². The molecule has 1 aliphatic heterocycles. The Morgan fingerprint density at radius 2 is 1.86 bits per heavy atom. The molecule has 11 heteroatoms. The summed E-state index contributed by atoms with van der Waals surface area (Å²) >= 11 is 0. The lowest BCUT2D eigenvalue weighted by Crippen LogP contribution is -2.59. The van der Waals surface area contributed by atoms with Crippen LogP contribution in [0.3, 0.4) is 0 Å². The molecule has 5 N–H and O–H groups in total. The van der Waals surface area contributed by atoms with Gasteiger partial charge in [-0.2, -0.15) is 0 Å². The fourth-order valence-corrected chi connectivity index (χ4v) is 2.90. The van der Waals surface area contributed by atoms with Gasteiger partial charge in [-0.25, -0.2) is 0 Å². The summed E-state index contributed by atoms with van der Waals surface area (Å²) < 4.78 is 10.5. The number of aryl methyl sites for hydroxylation is 1. The summed E-state index contributed by atoms with van der Waals surface area (Å²) in [5.74, 6) is -0.204. The number of benzene rings is 1. The summed E-state index contributed by atoms with van der Waals surface area (Å²) in [6, 6.07) is 6.16. The first-order valence-electron chi connectivity index (χ1n) is 9.25. The summed E-state index contributed by atoms with van der Waals surface area (Å²) in [4.78, 5) is 22.0. The Bertz CT molecular complexity index is 668. The molecule has 0 aliphatic carbocycles. The highest BCUT2D eigenvalue weighted by molar-refractivity contribution is 5.75. The van der Waals surface area contributed by atoms with E-state index in [1.54, 1.807) is 12.1 Å². The van der Waals surface area contributed by atoms with Gasteiger partial charge in [0.25, 0.3) is 5.69 Å². The van der Waals surface area contributed by atoms with Crippen molar-refractivity contribution < 1.29 is 39.6 Å². The average Bonchev–Trinajstić information content (AvgIpc) is 2.71. The van der Waals surface area contributed by atoms with Crippen LogP contribution in [0.1, 0.15) is 18.4 Å². The van der Waals surface area contributed by atoms with E-state index in [1.165, 1.54) is 12.1 Å². The largest absolute Gasteiger partial charge is 0.394 e. The molecule has 0 aromatic heterocycles. The topological polar surface area (TPSA) is 172 Å². The van der Waals surface area contributed by atoms with Gasteiger partial charge in [0, 0.05) is 25.1 Å². The molecule has 1 aromatic rings. The van der Waals surface area contributed by atoms with Gasteiger partial charge in [-0.05, 0) is 18.4 Å². The van der Waals surface area contributed by atoms with Gasteiger partial charge in [0.1, 0.15) is 24.4 Å². The normalized spacial score (nSPS) is 26.8. The number of hydrogen-bond donors (Lipinski definition) is 5. The van der Waals surface area contributed by atoms with Crippen molar-refractivity contribution in [3.05, 3.63) is 39.9 Å². The third-order valence-corrected chi connectivity index (χ3v) is 4.57. The maximum Gasteiger partial charge on any atom is 0.269 e. The number of aliphatic hydroxyl groups excluding tert-OH is 4. The fourth-order valence-electron chi connectivity index (χ4n) is 2.90. The number of carbonyl (C=O) groups excluding carboxylic acids is 1. The molecule has 11 nitrogen and oxygen atoms in total. The van der Waals surface area contributed by atoms with Crippen LogP contribution in [0.4, 0.5) is 5.69 Å². The number of rotatable bonds is 10. The standard InChI is InChI=1S/C18H26N2O9/c21-10-13-15(23)16(24)17(25)18(29-13)28-9-8-19-14(22)3-1-2-11-4-6-12(7-5-11)20(26)27/h4-7,13,15-18,21,23-25H,1-3,8-10H2,(H,19,22)/t13-,15+,16+,17-,18+/m1/s1. The van der Waals surface area contributed by atoms with Crippen LogP contribution in [0.2, 0.25) is 0 Å². The second kappa shape index (κ2) is 11.1. The Hall–Kier alpha value is -2.15. The van der Waals surface area contributed by atoms with Crippen molar-refractivity contribution in [1.82, 2.24) is 5.32 Å². The first kappa shape index (κ1) is 23.1. The van der Waals surface area contributed by atoms with Crippen molar-refractivity contribution in [2.45, 2.75) is 50.0 Å². The summed E-state index contributed by atoms with van der Waals surface area (Å²) in [5.41, 5.74) is 0.917. The summed E-state index contributed by atoms with van der Waals surface area (Å²) in [6.07, 6.45) is -5.30. The zero-order chi connectivity index (χ0) is 21.4. The minimum Gasteiger partial charge on any atom is -0.394 e. The van der Waals surface area contributed by atoms with Crippen LogP contribution in [-0.2, 0) is 20.7 Å². The van der Waals surface area contributed by atoms with Crippen molar-refractivity contribution in [3.8, 4) is 0 Å². The van der Waals surface area contributed by atoms with Gasteiger partial charge in [-0.15, -0.1) is 0 Å². The van der Waals surface area contributed by atoms with Crippen LogP contribution < -0.4 is 5.32 Å². The van der Waals surface area contributed by atoms with Gasteiger partial charge < -0.3 is 35.2 Å². The molecule has 0 bridgehead atoms. The predicted octanol–water partition coefficient (Wildman–Crippen LogP) is -1.15. The number of aliphatic hydroxyl groups is 4. The summed E-state index contributed by atoms with van der Waals surface area (Å²) in [7, 11) is 0. The molecule has 162 valence electrons. The van der Waals surface area contributed by atoms with E-state index in [0.29, 0.717) is 12.8 Å². The van der Waals surface area contributed by atoms with Crippen LogP contribution in [-0.4, -0.2) is 81.7 Å². The highest BCUT2D eigenvalue weighted by atomic mass is 16.7. The molecule has 0 radical (unpaired) electrons. The van der Waals surface area contributed by atoms with Gasteiger partial charge in [0.15, 0.2) is 6.29 Å². The first-order chi connectivity index (χ1) is 13.8. The Balaban J connectivity index is 1.62. The van der Waals surface area contributed by atoms with E-state index in [0.717, 1.165) is 5.56 Å². The second-order valence-electron chi connectivity index (χ2n) is 6.70. The van der Waals surface area contributed by atoms with Crippen LogP contribution >= 0.6 is 0 Å². The monoisotopic (exact) mass is 414 g/mol. The number of nitrogens with one attached hydrogen (secondary N) is 1. The Morgan fingerprint density at radius 1 is 1.17 bits per heavy atom. The zero-order valence-corrected chi connectivity index (χ0v) is 15.7. The maximum atomic E-state index is 11.8. The van der Waals surface area contributed by atoms with E-state index < -0.39 is 42.2 Å². The maximum absolute atomic E-state index is 11.8. The SMILES string of the molecule is O=C(CCCc1ccc([N+](=O)[O-])cc1)NCCO[C@H]1O[C@H](CO)[C@H](O)[C@H](O)[C@H]1O. The number of carbonyl (C=O) groups is 1. The molecule has 0 spiro atoms. The van der Waals surface area contributed by atoms with Crippen LogP contribution in [0.25, 0.3) is 0 Å². The number of nitro groups is 1. The number of hydrogen-bond acceptors (Lipinski definition) is 9. The molecule has 1 saturated heterocycles. The van der Waals surface area contributed by atoms with Crippen molar-refractivity contribution in [1.29, 1.82) is 0 Å². The van der Waals surface area contributed by atoms with Gasteiger partial charge in [0.05, 0.1) is 18.1 Å². The predicted molar refractivity (Wildman–Crippen MR) is 98.8 cm³/mol. The molecule has 29 heavy (non-hydrogen) atoms. The van der Waals surface area contributed by atoms with E-state index in [9.17, 15) is 30.2 Å². The molecule has 1 amide bonds. The van der Waals surface area contributed by atoms with E-state index in [4.69, 9.17) is 14.6 Å². The van der Waals surface area contributed by atoms with E-state index in [1.807, 2.05) is 0 Å². The summed E-state index contributed by atoms with van der Waals surface area (Å²) in [5, 5.41) is 51.6. The minimum absolute atomic E-state index is 0.00319. The number of ether oxygens (including phenoxy) is 2. The highest BCUT2D eigenvalue weighted by Crippen LogP contribution is 2.21. The number of non-ortho nitro benzene ring substituents is 1. The average molecular weight is 414 g/mol. The lowest BCUT2D eigenvalue weighted by Gasteiger charge is -2.39. The molecular weight excluding hydrogens is 388 g/mol. The van der Waals surface area contributed by atoms with Crippen molar-refractivity contribution in [2.75, 3.05) is 19.8 Å². The molecule has 1 heterocycles. The Labute approximate surface area is 167 Å². The third-order valence-electron chi connectivity index (χ3n) is 4.57. The van der Waals surface area contributed by atoms with Crippen LogP contribution in [0.15, 0.2) is 24.3 Å². The van der Waals surface area contributed by atoms with E-state index >= 15 is 0 Å². The van der Waals surface area contributed by atoms with Gasteiger partial charge in [0.2, 0.25) is 5.91 Å². The van der Waals surface area contributed by atoms with Gasteiger partial charge in [-0.3, -0.25) is 14.9 Å². The molecule has 1 aromatic carbocycles. The molecule has 5 atom stereocenters. The molecule has 0 unspecified atom stereocenters. The molecule has 2 rings (SSSR count). The number of nitrogens with zero attached hydrogens (tertiary/aromatic N) is 1. The van der Waals surface area contributed by atoms with Crippen molar-refractivity contribution >= 4 is 11.6 Å². The van der Waals surface area contributed by atoms with E-state index in [2.05, 4.69) is 5.32 Å². The molecular formula is C18H26N2O9. The van der Waals surface area contributed by atoms with Crippen molar-refractivity contribution in [3.63, 3.8) is 0 Å². The third kappa shape index (κ3) is 6.70. The minimum atomic E-state index is -1.51.